The Hall–Kier alpha value is -1.74. The number of nitrogens with one attached hydrogen (secondary N) is 1. The van der Waals surface area contributed by atoms with Gasteiger partial charge in [0, 0.05) is 24.7 Å². The summed E-state index contributed by atoms with van der Waals surface area (Å²) in [5.74, 6) is 1.08. The lowest BCUT2D eigenvalue weighted by Crippen LogP contribution is -2.18. The van der Waals surface area contributed by atoms with Crippen molar-refractivity contribution in [1.29, 1.82) is 0 Å². The van der Waals surface area contributed by atoms with Crippen LogP contribution in [-0.4, -0.2) is 18.1 Å². The van der Waals surface area contributed by atoms with Gasteiger partial charge in [0.05, 0.1) is 11.9 Å². The van der Waals surface area contributed by atoms with Gasteiger partial charge in [0.25, 0.3) is 0 Å². The number of halogens is 1. The van der Waals surface area contributed by atoms with Crippen LogP contribution in [0.3, 0.4) is 0 Å². The molecule has 1 aliphatic heterocycles. The van der Waals surface area contributed by atoms with Gasteiger partial charge >= 0.3 is 0 Å². The fourth-order valence-corrected chi connectivity index (χ4v) is 2.78. The second-order valence-corrected chi connectivity index (χ2v) is 5.94. The van der Waals surface area contributed by atoms with Gasteiger partial charge in [-0.25, -0.2) is 4.98 Å². The second-order valence-electron chi connectivity index (χ2n) is 5.54. The molecule has 1 fully saturated rings. The summed E-state index contributed by atoms with van der Waals surface area (Å²) in [6.07, 6.45) is 4.45. The minimum absolute atomic E-state index is 0.755. The van der Waals surface area contributed by atoms with E-state index in [9.17, 15) is 0 Å². The van der Waals surface area contributed by atoms with E-state index in [-0.39, 0.29) is 0 Å². The maximum Gasteiger partial charge on any atom is 0.128 e. The summed E-state index contributed by atoms with van der Waals surface area (Å²) in [4.78, 5) is 6.88. The van der Waals surface area contributed by atoms with Crippen molar-refractivity contribution >= 4 is 23.1 Å². The molecule has 3 rings (SSSR count). The van der Waals surface area contributed by atoms with Gasteiger partial charge in [0.15, 0.2) is 0 Å². The summed E-state index contributed by atoms with van der Waals surface area (Å²) in [5, 5.41) is 4.20. The van der Waals surface area contributed by atoms with Crippen molar-refractivity contribution in [3.8, 4) is 0 Å². The second kappa shape index (κ2) is 6.35. The molecule has 0 unspecified atom stereocenters. The number of hydrogen-bond donors (Lipinski definition) is 1. The summed E-state index contributed by atoms with van der Waals surface area (Å²) in [6.45, 7) is 5.02. The highest BCUT2D eigenvalue weighted by molar-refractivity contribution is 6.31. The lowest BCUT2D eigenvalue weighted by Gasteiger charge is -2.16. The first-order chi connectivity index (χ1) is 10.2. The van der Waals surface area contributed by atoms with Gasteiger partial charge in [0.2, 0.25) is 0 Å². The predicted octanol–water partition coefficient (Wildman–Crippen LogP) is 4.26. The summed E-state index contributed by atoms with van der Waals surface area (Å²) < 4.78 is 0. The Morgan fingerprint density at radius 2 is 2.00 bits per heavy atom. The van der Waals surface area contributed by atoms with Crippen LogP contribution in [0, 0.1) is 6.92 Å². The zero-order valence-corrected chi connectivity index (χ0v) is 13.0. The highest BCUT2D eigenvalue weighted by atomic mass is 35.5. The Morgan fingerprint density at radius 1 is 1.19 bits per heavy atom. The van der Waals surface area contributed by atoms with Gasteiger partial charge in [-0.1, -0.05) is 23.7 Å². The van der Waals surface area contributed by atoms with Crippen LogP contribution in [0.4, 0.5) is 11.5 Å². The molecular formula is C17H20ClN3. The number of hydrogen-bond acceptors (Lipinski definition) is 3. The van der Waals surface area contributed by atoms with Crippen LogP contribution in [0.15, 0.2) is 36.5 Å². The lowest BCUT2D eigenvalue weighted by atomic mass is 10.1. The number of aryl methyl sites for hydroxylation is 1. The number of nitrogens with zero attached hydrogens (tertiary/aromatic N) is 2. The zero-order valence-electron chi connectivity index (χ0n) is 12.3. The quantitative estimate of drug-likeness (QED) is 0.915. The van der Waals surface area contributed by atoms with Gasteiger partial charge in [-0.05, 0) is 49.1 Å². The minimum Gasteiger partial charge on any atom is -0.380 e. The number of anilines is 2. The van der Waals surface area contributed by atoms with Crippen LogP contribution in [0.5, 0.6) is 0 Å². The molecule has 4 heteroatoms. The van der Waals surface area contributed by atoms with Crippen molar-refractivity contribution in [3.05, 3.63) is 52.7 Å². The number of rotatable bonds is 4. The summed E-state index contributed by atoms with van der Waals surface area (Å²) >= 11 is 6.14. The third-order valence-electron chi connectivity index (χ3n) is 3.91. The van der Waals surface area contributed by atoms with E-state index >= 15 is 0 Å². The van der Waals surface area contributed by atoms with Crippen LogP contribution < -0.4 is 10.2 Å². The molecule has 0 bridgehead atoms. The van der Waals surface area contributed by atoms with Crippen molar-refractivity contribution < 1.29 is 0 Å². The molecule has 0 saturated carbocycles. The van der Waals surface area contributed by atoms with Crippen molar-refractivity contribution in [2.24, 2.45) is 0 Å². The average Bonchev–Trinajstić information content (AvgIpc) is 3.03. The highest BCUT2D eigenvalue weighted by Gasteiger charge is 2.12. The maximum atomic E-state index is 6.14. The van der Waals surface area contributed by atoms with Crippen LogP contribution in [0.1, 0.15) is 24.0 Å². The van der Waals surface area contributed by atoms with Gasteiger partial charge in [0.1, 0.15) is 5.82 Å². The number of benzene rings is 1. The van der Waals surface area contributed by atoms with Crippen molar-refractivity contribution in [3.63, 3.8) is 0 Å². The van der Waals surface area contributed by atoms with Crippen molar-refractivity contribution in [1.82, 2.24) is 4.98 Å². The Bertz CT molecular complexity index is 604. The first-order valence-corrected chi connectivity index (χ1v) is 7.80. The van der Waals surface area contributed by atoms with Crippen LogP contribution in [0.25, 0.3) is 0 Å². The van der Waals surface area contributed by atoms with Crippen molar-refractivity contribution in [2.75, 3.05) is 23.3 Å². The largest absolute Gasteiger partial charge is 0.380 e. The molecule has 2 aromatic rings. The van der Waals surface area contributed by atoms with E-state index in [4.69, 9.17) is 11.6 Å². The standard InChI is InChI=1S/C17H20ClN3/c1-13-4-5-14(10-16(13)18)11-19-15-6-7-17(20-12-15)21-8-2-3-9-21/h4-7,10,12,19H,2-3,8-9,11H2,1H3. The van der Waals surface area contributed by atoms with Crippen LogP contribution >= 0.6 is 11.6 Å². The van der Waals surface area contributed by atoms with E-state index < -0.39 is 0 Å². The molecule has 2 heterocycles. The molecule has 110 valence electrons. The molecule has 3 nitrogen and oxygen atoms in total. The van der Waals surface area contributed by atoms with Crippen LogP contribution in [0.2, 0.25) is 5.02 Å². The topological polar surface area (TPSA) is 28.2 Å². The maximum absolute atomic E-state index is 6.14. The molecule has 1 aliphatic rings. The Morgan fingerprint density at radius 3 is 2.67 bits per heavy atom. The van der Waals surface area contributed by atoms with Gasteiger partial charge in [-0.2, -0.15) is 0 Å². The molecule has 0 radical (unpaired) electrons. The molecular weight excluding hydrogens is 282 g/mol. The number of pyridine rings is 1. The van der Waals surface area contributed by atoms with E-state index in [0.29, 0.717) is 0 Å². The molecule has 0 atom stereocenters. The van der Waals surface area contributed by atoms with E-state index in [1.54, 1.807) is 0 Å². The van der Waals surface area contributed by atoms with E-state index in [0.717, 1.165) is 41.7 Å². The molecule has 0 aliphatic carbocycles. The zero-order chi connectivity index (χ0) is 14.7. The number of aromatic nitrogens is 1. The van der Waals surface area contributed by atoms with Crippen molar-refractivity contribution in [2.45, 2.75) is 26.3 Å². The minimum atomic E-state index is 0.755. The molecule has 1 aromatic carbocycles. The molecule has 0 amide bonds. The van der Waals surface area contributed by atoms with E-state index in [1.165, 1.54) is 18.4 Å². The third-order valence-corrected chi connectivity index (χ3v) is 4.32. The summed E-state index contributed by atoms with van der Waals surface area (Å²) in [5.41, 5.74) is 3.32. The molecule has 1 N–H and O–H groups in total. The first kappa shape index (κ1) is 14.2. The van der Waals surface area contributed by atoms with E-state index in [2.05, 4.69) is 33.4 Å². The Balaban J connectivity index is 1.61. The summed E-state index contributed by atoms with van der Waals surface area (Å²) in [7, 11) is 0. The summed E-state index contributed by atoms with van der Waals surface area (Å²) in [6, 6.07) is 10.3. The normalized spacial score (nSPS) is 14.5. The highest BCUT2D eigenvalue weighted by Crippen LogP contribution is 2.20. The Kier molecular flexibility index (Phi) is 4.30. The fraction of sp³-hybridized carbons (Fsp3) is 0.353. The monoisotopic (exact) mass is 301 g/mol. The van der Waals surface area contributed by atoms with Gasteiger partial charge < -0.3 is 10.2 Å². The van der Waals surface area contributed by atoms with E-state index in [1.807, 2.05) is 25.3 Å². The van der Waals surface area contributed by atoms with Gasteiger partial charge in [-0.3, -0.25) is 0 Å². The van der Waals surface area contributed by atoms with Crippen LogP contribution in [-0.2, 0) is 6.54 Å². The smallest absolute Gasteiger partial charge is 0.128 e. The first-order valence-electron chi connectivity index (χ1n) is 7.42. The predicted molar refractivity (Wildman–Crippen MR) is 89.2 cm³/mol. The molecule has 1 saturated heterocycles. The fourth-order valence-electron chi connectivity index (χ4n) is 2.57. The molecule has 1 aromatic heterocycles. The third kappa shape index (κ3) is 3.48. The lowest BCUT2D eigenvalue weighted by molar-refractivity contribution is 0.937. The molecule has 0 spiro atoms. The SMILES string of the molecule is Cc1ccc(CNc2ccc(N3CCCC3)nc2)cc1Cl. The van der Waals surface area contributed by atoms with Gasteiger partial charge in [-0.15, -0.1) is 0 Å². The average molecular weight is 302 g/mol. The Labute approximate surface area is 131 Å². The molecule has 21 heavy (non-hydrogen) atoms.